The van der Waals surface area contributed by atoms with E-state index in [1.807, 2.05) is 54.6 Å². The molecule has 22 heteroatoms. The Bertz CT molecular complexity index is 3610. The standard InChI is InChI=1S/C21H16Cl2N2O3.C21H16Cl2N2O2S.C14H11Cl2NO2.C7H7NO2/c22-16-5-3-6-17(23)20(16)25-18-7-2-1-4-14(18)12-19(26)28-15-10-8-13(9-11-15)21(24)27;22-16-5-3-6-17(23)20(16)25-18-7-2-1-4-14(18)12-19(26)27-15-10-8-13(9-11-15)21(24)28;15-10-5-3-6-11(16)14(10)17-12-7-2-1-4-9(12)8-13(18)19;8-7(10)5-1-3-6(9)4-2-5/h1-11,25H,12H2,(H2,24,27);1-11,25H,12H2,(H2,24,28);1-7,17H,8H2,(H,18,19);1-4,9H,(H2,8,10). The van der Waals surface area contributed by atoms with Gasteiger partial charge in [-0.25, -0.2) is 0 Å². The number of rotatable bonds is 17. The maximum atomic E-state index is 12.4. The summed E-state index contributed by atoms with van der Waals surface area (Å²) in [6.45, 7) is 0. The lowest BCUT2D eigenvalue weighted by atomic mass is 10.1. The van der Waals surface area contributed by atoms with Crippen LogP contribution in [0.4, 0.5) is 34.1 Å². The van der Waals surface area contributed by atoms with Gasteiger partial charge in [0.1, 0.15) is 22.2 Å². The van der Waals surface area contributed by atoms with E-state index in [0.717, 1.165) is 16.8 Å². The Morgan fingerprint density at radius 2 is 0.671 bits per heavy atom. The summed E-state index contributed by atoms with van der Waals surface area (Å²) in [6.07, 6.45) is 0.0381. The van der Waals surface area contributed by atoms with Crippen molar-refractivity contribution in [3.8, 4) is 17.2 Å². The van der Waals surface area contributed by atoms with Gasteiger partial charge in [0.05, 0.1) is 66.5 Å². The molecule has 0 aliphatic heterocycles. The molecular formula is C63H50Cl6N6O9S. The van der Waals surface area contributed by atoms with Crippen molar-refractivity contribution in [2.75, 3.05) is 16.0 Å². The summed E-state index contributed by atoms with van der Waals surface area (Å²) < 4.78 is 10.7. The number of nitrogens with one attached hydrogen (secondary N) is 3. The van der Waals surface area contributed by atoms with Crippen molar-refractivity contribution in [2.45, 2.75) is 19.3 Å². The minimum absolute atomic E-state index is 0.0306. The van der Waals surface area contributed by atoms with Gasteiger partial charge in [0.15, 0.2) is 0 Å². The number of primary amides is 2. The molecule has 0 aliphatic carbocycles. The predicted octanol–water partition coefficient (Wildman–Crippen LogP) is 15.4. The first-order valence-corrected chi connectivity index (χ1v) is 27.7. The molecule has 0 radical (unpaired) electrons. The molecule has 0 atom stereocenters. The number of thiocarbonyl (C=S) groups is 1. The van der Waals surface area contributed by atoms with Crippen molar-refractivity contribution < 1.29 is 43.7 Å². The number of nitrogens with two attached hydrogens (primary N) is 3. The first-order valence-electron chi connectivity index (χ1n) is 25.0. The van der Waals surface area contributed by atoms with Crippen LogP contribution in [0.15, 0.2) is 200 Å². The van der Waals surface area contributed by atoms with Gasteiger partial charge in [-0.1, -0.05) is 155 Å². The van der Waals surface area contributed by atoms with Crippen molar-refractivity contribution in [3.63, 3.8) is 0 Å². The first-order chi connectivity index (χ1) is 40.6. The van der Waals surface area contributed by atoms with Gasteiger partial charge in [-0.3, -0.25) is 24.0 Å². The van der Waals surface area contributed by atoms with Gasteiger partial charge < -0.3 is 52.8 Å². The molecule has 0 saturated carbocycles. The van der Waals surface area contributed by atoms with Crippen LogP contribution in [0, 0.1) is 0 Å². The van der Waals surface area contributed by atoms with E-state index in [9.17, 15) is 24.0 Å². The molecule has 85 heavy (non-hydrogen) atoms. The molecular weight excluding hydrogens is 1230 g/mol. The number of esters is 2. The molecule has 9 rings (SSSR count). The highest BCUT2D eigenvalue weighted by molar-refractivity contribution is 7.80. The largest absolute Gasteiger partial charge is 0.508 e. The van der Waals surface area contributed by atoms with Crippen molar-refractivity contribution in [1.82, 2.24) is 0 Å². The van der Waals surface area contributed by atoms with Crippen LogP contribution >= 0.6 is 81.8 Å². The average molecular weight is 1280 g/mol. The Hall–Kier alpha value is -8.84. The van der Waals surface area contributed by atoms with Crippen molar-refractivity contribution in [2.24, 2.45) is 17.2 Å². The lowest BCUT2D eigenvalue weighted by Gasteiger charge is -2.14. The number of carboxylic acids is 1. The second-order valence-corrected chi connectivity index (χ2v) is 20.6. The third-order valence-corrected chi connectivity index (χ3v) is 13.7. The molecule has 0 aromatic heterocycles. The highest BCUT2D eigenvalue weighted by Gasteiger charge is 2.16. The summed E-state index contributed by atoms with van der Waals surface area (Å²) in [6, 6.07) is 56.0. The Morgan fingerprint density at radius 3 is 0.965 bits per heavy atom. The van der Waals surface area contributed by atoms with Gasteiger partial charge in [-0.2, -0.15) is 0 Å². The maximum Gasteiger partial charge on any atom is 0.315 e. The molecule has 0 heterocycles. The van der Waals surface area contributed by atoms with Crippen LogP contribution in [0.1, 0.15) is 43.0 Å². The summed E-state index contributed by atoms with van der Waals surface area (Å²) in [5.41, 5.74) is 23.1. The first kappa shape index (κ1) is 65.3. The Balaban J connectivity index is 0.000000191. The van der Waals surface area contributed by atoms with Gasteiger partial charge in [-0.05, 0) is 144 Å². The number of aromatic hydroxyl groups is 1. The van der Waals surface area contributed by atoms with E-state index >= 15 is 0 Å². The summed E-state index contributed by atoms with van der Waals surface area (Å²) in [4.78, 5) is 57.4. The SMILES string of the molecule is NC(=O)c1ccc(O)cc1.NC(=O)c1ccc(OC(=O)Cc2ccccc2Nc2c(Cl)cccc2Cl)cc1.NC(=S)c1ccc(OC(=O)Cc2ccccc2Nc2c(Cl)cccc2Cl)cc1.O=C(O)Cc1ccccc1Nc1c(Cl)cccc1Cl. The number of benzene rings is 9. The van der Waals surface area contributed by atoms with E-state index in [0.29, 0.717) is 92.3 Å². The molecule has 0 fully saturated rings. The fourth-order valence-corrected chi connectivity index (χ4v) is 9.07. The van der Waals surface area contributed by atoms with Crippen LogP contribution in [0.5, 0.6) is 17.2 Å². The summed E-state index contributed by atoms with van der Waals surface area (Å²) >= 11 is 41.9. The maximum absolute atomic E-state index is 12.4. The zero-order valence-corrected chi connectivity index (χ0v) is 49.7. The number of aliphatic carboxylic acids is 1. The van der Waals surface area contributed by atoms with Crippen LogP contribution in [-0.4, -0.2) is 44.9 Å². The number of phenols is 1. The molecule has 0 aliphatic rings. The predicted molar refractivity (Wildman–Crippen MR) is 342 cm³/mol. The molecule has 15 nitrogen and oxygen atoms in total. The van der Waals surface area contributed by atoms with Gasteiger partial charge in [-0.15, -0.1) is 0 Å². The highest BCUT2D eigenvalue weighted by Crippen LogP contribution is 2.36. The Morgan fingerprint density at radius 1 is 0.388 bits per heavy atom. The monoisotopic (exact) mass is 1280 g/mol. The van der Waals surface area contributed by atoms with Crippen molar-refractivity contribution in [1.29, 1.82) is 0 Å². The average Bonchev–Trinajstić information content (AvgIpc) is 3.65. The molecule has 2 amide bonds. The number of anilines is 6. The third kappa shape index (κ3) is 20.5. The molecule has 11 N–H and O–H groups in total. The van der Waals surface area contributed by atoms with Crippen molar-refractivity contribution >= 4 is 151 Å². The zero-order valence-electron chi connectivity index (χ0n) is 44.3. The van der Waals surface area contributed by atoms with E-state index < -0.39 is 29.7 Å². The number of amides is 2. The zero-order chi connectivity index (χ0) is 61.6. The lowest BCUT2D eigenvalue weighted by Crippen LogP contribution is -2.13. The number of phenolic OH excluding ortho intramolecular Hbond substituents is 1. The number of ether oxygens (including phenoxy) is 2. The molecule has 9 aromatic rings. The fraction of sp³-hybridized carbons (Fsp3) is 0.0476. The topological polar surface area (TPSA) is 258 Å². The third-order valence-electron chi connectivity index (χ3n) is 11.6. The highest BCUT2D eigenvalue weighted by atomic mass is 35.5. The molecule has 0 unspecified atom stereocenters. The van der Waals surface area contributed by atoms with Crippen LogP contribution in [-0.2, 0) is 33.6 Å². The summed E-state index contributed by atoms with van der Waals surface area (Å²) in [5.74, 6) is -1.89. The van der Waals surface area contributed by atoms with Crippen LogP contribution in [0.2, 0.25) is 30.1 Å². The number of carboxylic acid groups (broad SMARTS) is 1. The number of hydrogen-bond acceptors (Lipinski definition) is 12. The second-order valence-electron chi connectivity index (χ2n) is 17.7. The van der Waals surface area contributed by atoms with Crippen LogP contribution < -0.4 is 42.6 Å². The normalized spacial score (nSPS) is 10.2. The van der Waals surface area contributed by atoms with Gasteiger partial charge in [0.2, 0.25) is 11.8 Å². The number of carbonyl (C=O) groups is 5. The molecule has 0 bridgehead atoms. The Kier molecular flexibility index (Phi) is 24.8. The van der Waals surface area contributed by atoms with Gasteiger partial charge >= 0.3 is 17.9 Å². The number of hydrogen-bond donors (Lipinski definition) is 8. The van der Waals surface area contributed by atoms with Crippen molar-refractivity contribution in [3.05, 3.63) is 264 Å². The quantitative estimate of drug-likeness (QED) is 0.0240. The smallest absolute Gasteiger partial charge is 0.315 e. The molecule has 434 valence electrons. The van der Waals surface area contributed by atoms with Gasteiger partial charge in [0.25, 0.3) is 0 Å². The summed E-state index contributed by atoms with van der Waals surface area (Å²) in [5, 5.41) is 30.0. The summed E-state index contributed by atoms with van der Waals surface area (Å²) in [7, 11) is 0. The van der Waals surface area contributed by atoms with E-state index in [1.165, 1.54) is 48.5 Å². The van der Waals surface area contributed by atoms with E-state index in [4.69, 9.17) is 119 Å². The number of halogens is 6. The minimum Gasteiger partial charge on any atom is -0.508 e. The Labute approximate surface area is 524 Å². The van der Waals surface area contributed by atoms with E-state index in [-0.39, 0.29) is 30.0 Å². The van der Waals surface area contributed by atoms with E-state index in [2.05, 4.69) is 16.0 Å². The van der Waals surface area contributed by atoms with Crippen LogP contribution in [0.25, 0.3) is 0 Å². The fourth-order valence-electron chi connectivity index (χ4n) is 7.45. The van der Waals surface area contributed by atoms with Crippen LogP contribution in [0.3, 0.4) is 0 Å². The molecule has 0 spiro atoms. The minimum atomic E-state index is -0.889. The molecule has 9 aromatic carbocycles. The lowest BCUT2D eigenvalue weighted by molar-refractivity contribution is -0.136. The molecule has 0 saturated heterocycles. The van der Waals surface area contributed by atoms with Gasteiger partial charge in [0, 0.05) is 33.8 Å². The number of carbonyl (C=O) groups excluding carboxylic acids is 4. The number of para-hydroxylation sites is 6. The van der Waals surface area contributed by atoms with E-state index in [1.54, 1.807) is 97.1 Å². The second kappa shape index (κ2) is 32.3.